The molecule has 1 N–H and O–H groups in total. The van der Waals surface area contributed by atoms with Gasteiger partial charge in [-0.1, -0.05) is 36.7 Å². The normalized spacial score (nSPS) is 11.1. The largest absolute Gasteiger partial charge is 0.352 e. The molecule has 8 heteroatoms. The average molecular weight is 374 g/mol. The van der Waals surface area contributed by atoms with E-state index in [1.807, 2.05) is 26.0 Å². The summed E-state index contributed by atoms with van der Waals surface area (Å²) in [6.45, 7) is 4.54. The van der Waals surface area contributed by atoms with E-state index in [0.29, 0.717) is 41.7 Å². The number of carbonyl (C=O) groups excluding carboxylic acids is 1. The minimum atomic E-state index is -0.174. The van der Waals surface area contributed by atoms with Crippen LogP contribution in [-0.2, 0) is 6.42 Å². The van der Waals surface area contributed by atoms with Gasteiger partial charge in [0.05, 0.1) is 17.4 Å². The second kappa shape index (κ2) is 8.14. The number of benzene rings is 1. The van der Waals surface area contributed by atoms with Crippen LogP contribution in [0.25, 0.3) is 5.69 Å². The Balaban J connectivity index is 1.49. The molecule has 3 rings (SSSR count). The van der Waals surface area contributed by atoms with Crippen LogP contribution in [0.15, 0.2) is 41.2 Å². The third-order valence-corrected chi connectivity index (χ3v) is 4.01. The van der Waals surface area contributed by atoms with E-state index in [2.05, 4.69) is 20.6 Å². The van der Waals surface area contributed by atoms with Crippen LogP contribution >= 0.6 is 11.6 Å². The van der Waals surface area contributed by atoms with Gasteiger partial charge in [-0.05, 0) is 24.6 Å². The van der Waals surface area contributed by atoms with Crippen molar-refractivity contribution in [1.82, 2.24) is 25.2 Å². The molecule has 0 spiro atoms. The average Bonchev–Trinajstić information content (AvgIpc) is 3.28. The Morgan fingerprint density at radius 1 is 1.38 bits per heavy atom. The Morgan fingerprint density at radius 3 is 2.96 bits per heavy atom. The molecule has 0 atom stereocenters. The molecule has 0 aliphatic rings. The minimum absolute atomic E-state index is 0.174. The van der Waals surface area contributed by atoms with Gasteiger partial charge in [0, 0.05) is 30.1 Å². The molecule has 0 radical (unpaired) electrons. The summed E-state index contributed by atoms with van der Waals surface area (Å²) in [4.78, 5) is 16.5. The van der Waals surface area contributed by atoms with Gasteiger partial charge in [-0.2, -0.15) is 10.1 Å². The van der Waals surface area contributed by atoms with E-state index >= 15 is 0 Å². The lowest BCUT2D eigenvalue weighted by Crippen LogP contribution is -2.24. The van der Waals surface area contributed by atoms with Gasteiger partial charge >= 0.3 is 0 Å². The number of rotatable bonds is 7. The first-order valence-corrected chi connectivity index (χ1v) is 8.82. The first-order valence-electron chi connectivity index (χ1n) is 8.44. The predicted octanol–water partition coefficient (Wildman–Crippen LogP) is 3.39. The molecule has 26 heavy (non-hydrogen) atoms. The minimum Gasteiger partial charge on any atom is -0.352 e. The van der Waals surface area contributed by atoms with Crippen molar-refractivity contribution in [3.05, 3.63) is 59.0 Å². The molecule has 1 amide bonds. The summed E-state index contributed by atoms with van der Waals surface area (Å²) in [7, 11) is 0. The third kappa shape index (κ3) is 4.49. The Bertz CT molecular complexity index is 887. The molecule has 2 heterocycles. The summed E-state index contributed by atoms with van der Waals surface area (Å²) in [5, 5.41) is 11.6. The number of nitrogens with zero attached hydrogens (tertiary/aromatic N) is 4. The van der Waals surface area contributed by atoms with Crippen LogP contribution in [-0.4, -0.2) is 32.4 Å². The lowest BCUT2D eigenvalue weighted by Gasteiger charge is -2.02. The van der Waals surface area contributed by atoms with Crippen LogP contribution in [0.1, 0.15) is 48.3 Å². The maximum absolute atomic E-state index is 12.2. The highest BCUT2D eigenvalue weighted by Gasteiger charge is 2.11. The van der Waals surface area contributed by atoms with Crippen LogP contribution in [0.2, 0.25) is 5.02 Å². The molecule has 0 saturated heterocycles. The first-order chi connectivity index (χ1) is 12.5. The highest BCUT2D eigenvalue weighted by atomic mass is 35.5. The standard InChI is InChI=1S/C18H20ClN5O2/c1-12(2)17-22-16(26-23-17)7-4-8-20-18(25)13-10-21-24(11-13)15-6-3-5-14(19)9-15/h3,5-6,9-12H,4,7-8H2,1-2H3,(H,20,25). The molecular formula is C18H20ClN5O2. The summed E-state index contributed by atoms with van der Waals surface area (Å²) >= 11 is 5.98. The molecule has 3 aromatic rings. The van der Waals surface area contributed by atoms with Crippen LogP contribution < -0.4 is 5.32 Å². The topological polar surface area (TPSA) is 85.8 Å². The second-order valence-electron chi connectivity index (χ2n) is 6.21. The smallest absolute Gasteiger partial charge is 0.254 e. The maximum Gasteiger partial charge on any atom is 0.254 e. The lowest BCUT2D eigenvalue weighted by atomic mass is 10.2. The molecule has 2 aromatic heterocycles. The maximum atomic E-state index is 12.2. The Labute approximate surface area is 156 Å². The highest BCUT2D eigenvalue weighted by molar-refractivity contribution is 6.30. The summed E-state index contributed by atoms with van der Waals surface area (Å²) in [6.07, 6.45) is 4.55. The van der Waals surface area contributed by atoms with Crippen molar-refractivity contribution in [2.75, 3.05) is 6.54 Å². The fraction of sp³-hybridized carbons (Fsp3) is 0.333. The number of carbonyl (C=O) groups is 1. The predicted molar refractivity (Wildman–Crippen MR) is 97.6 cm³/mol. The zero-order valence-electron chi connectivity index (χ0n) is 14.6. The van der Waals surface area contributed by atoms with E-state index in [-0.39, 0.29) is 11.8 Å². The van der Waals surface area contributed by atoms with Crippen LogP contribution in [0.3, 0.4) is 0 Å². The Hall–Kier alpha value is -2.67. The first kappa shape index (κ1) is 18.1. The van der Waals surface area contributed by atoms with Crippen molar-refractivity contribution < 1.29 is 9.32 Å². The molecule has 0 unspecified atom stereocenters. The van der Waals surface area contributed by atoms with Gasteiger partial charge in [0.15, 0.2) is 5.82 Å². The number of amides is 1. The van der Waals surface area contributed by atoms with Gasteiger partial charge in [-0.3, -0.25) is 4.79 Å². The van der Waals surface area contributed by atoms with Gasteiger partial charge in [-0.25, -0.2) is 4.68 Å². The van der Waals surface area contributed by atoms with E-state index in [4.69, 9.17) is 16.1 Å². The number of halogens is 1. The highest BCUT2D eigenvalue weighted by Crippen LogP contribution is 2.15. The quantitative estimate of drug-likeness (QED) is 0.641. The fourth-order valence-corrected chi connectivity index (χ4v) is 2.53. The SMILES string of the molecule is CC(C)c1noc(CCCNC(=O)c2cnn(-c3cccc(Cl)c3)c2)n1. The monoisotopic (exact) mass is 373 g/mol. The second-order valence-corrected chi connectivity index (χ2v) is 6.65. The molecule has 136 valence electrons. The summed E-state index contributed by atoms with van der Waals surface area (Å²) < 4.78 is 6.80. The summed E-state index contributed by atoms with van der Waals surface area (Å²) in [5.74, 6) is 1.36. The number of hydrogen-bond acceptors (Lipinski definition) is 5. The van der Waals surface area contributed by atoms with Gasteiger partial charge in [0.2, 0.25) is 5.89 Å². The van der Waals surface area contributed by atoms with E-state index in [1.165, 1.54) is 6.20 Å². The molecule has 0 saturated carbocycles. The van der Waals surface area contributed by atoms with Crippen molar-refractivity contribution >= 4 is 17.5 Å². The molecule has 1 aromatic carbocycles. The fourth-order valence-electron chi connectivity index (χ4n) is 2.35. The van der Waals surface area contributed by atoms with Crippen LogP contribution in [0, 0.1) is 0 Å². The molecule has 0 aliphatic heterocycles. The molecule has 0 aliphatic carbocycles. The van der Waals surface area contributed by atoms with Crippen molar-refractivity contribution in [2.45, 2.75) is 32.6 Å². The summed E-state index contributed by atoms with van der Waals surface area (Å²) in [5.41, 5.74) is 1.29. The number of hydrogen-bond donors (Lipinski definition) is 1. The Morgan fingerprint density at radius 2 is 2.23 bits per heavy atom. The van der Waals surface area contributed by atoms with Gasteiger partial charge < -0.3 is 9.84 Å². The zero-order chi connectivity index (χ0) is 18.5. The van der Waals surface area contributed by atoms with Crippen molar-refractivity contribution in [1.29, 1.82) is 0 Å². The third-order valence-electron chi connectivity index (χ3n) is 3.77. The molecule has 7 nitrogen and oxygen atoms in total. The molecule has 0 fully saturated rings. The Kier molecular flexibility index (Phi) is 5.68. The zero-order valence-corrected chi connectivity index (χ0v) is 15.4. The van der Waals surface area contributed by atoms with Crippen LogP contribution in [0.5, 0.6) is 0 Å². The van der Waals surface area contributed by atoms with Crippen molar-refractivity contribution in [2.24, 2.45) is 0 Å². The van der Waals surface area contributed by atoms with E-state index in [1.54, 1.807) is 23.0 Å². The lowest BCUT2D eigenvalue weighted by molar-refractivity contribution is 0.0953. The number of aryl methyl sites for hydroxylation is 1. The van der Waals surface area contributed by atoms with Gasteiger partial charge in [0.1, 0.15) is 0 Å². The number of nitrogens with one attached hydrogen (secondary N) is 1. The van der Waals surface area contributed by atoms with E-state index in [0.717, 1.165) is 5.69 Å². The number of aromatic nitrogens is 4. The summed E-state index contributed by atoms with van der Waals surface area (Å²) in [6, 6.07) is 7.28. The van der Waals surface area contributed by atoms with Gasteiger partial charge in [-0.15, -0.1) is 0 Å². The van der Waals surface area contributed by atoms with Crippen molar-refractivity contribution in [3.8, 4) is 5.69 Å². The van der Waals surface area contributed by atoms with E-state index in [9.17, 15) is 4.79 Å². The van der Waals surface area contributed by atoms with Crippen LogP contribution in [0.4, 0.5) is 0 Å². The molecular weight excluding hydrogens is 354 g/mol. The van der Waals surface area contributed by atoms with E-state index < -0.39 is 0 Å². The molecule has 0 bridgehead atoms. The van der Waals surface area contributed by atoms with Crippen molar-refractivity contribution in [3.63, 3.8) is 0 Å². The van der Waals surface area contributed by atoms with Gasteiger partial charge in [0.25, 0.3) is 5.91 Å².